The molecule has 15 heavy (non-hydrogen) atoms. The third-order valence-electron chi connectivity index (χ3n) is 2.57. The van der Waals surface area contributed by atoms with Crippen LogP contribution in [0.3, 0.4) is 0 Å². The van der Waals surface area contributed by atoms with E-state index in [9.17, 15) is 0 Å². The van der Waals surface area contributed by atoms with E-state index in [0.29, 0.717) is 0 Å². The molecule has 2 nitrogen and oxygen atoms in total. The molecule has 1 aliphatic heterocycles. The molecule has 0 saturated carbocycles. The first-order chi connectivity index (χ1) is 7.40. The Kier molecular flexibility index (Phi) is 3.92. The second-order valence-corrected chi connectivity index (χ2v) is 4.92. The van der Waals surface area contributed by atoms with Gasteiger partial charge in [0.2, 0.25) is 0 Å². The molecule has 0 amide bonds. The van der Waals surface area contributed by atoms with Gasteiger partial charge in [0.1, 0.15) is 0 Å². The number of aliphatic hydroxyl groups is 1. The van der Waals surface area contributed by atoms with Crippen molar-refractivity contribution in [3.05, 3.63) is 23.8 Å². The van der Waals surface area contributed by atoms with Crippen molar-refractivity contribution < 1.29 is 5.11 Å². The Balaban J connectivity index is 2.00. The van der Waals surface area contributed by atoms with Gasteiger partial charge in [0, 0.05) is 23.7 Å². The molecule has 0 spiro atoms. The minimum atomic E-state index is 0.258. The van der Waals surface area contributed by atoms with Crippen LogP contribution in [-0.2, 0) is 6.42 Å². The second kappa shape index (κ2) is 5.42. The van der Waals surface area contributed by atoms with Crippen molar-refractivity contribution in [2.45, 2.75) is 24.2 Å². The Labute approximate surface area is 95.1 Å². The number of aryl methyl sites for hydroxylation is 1. The van der Waals surface area contributed by atoms with Crippen molar-refractivity contribution in [3.8, 4) is 0 Å². The van der Waals surface area contributed by atoms with Gasteiger partial charge >= 0.3 is 0 Å². The van der Waals surface area contributed by atoms with Crippen LogP contribution in [0.5, 0.6) is 0 Å². The van der Waals surface area contributed by atoms with Gasteiger partial charge in [-0.1, -0.05) is 0 Å². The van der Waals surface area contributed by atoms with E-state index in [1.165, 1.54) is 34.7 Å². The molecule has 2 N–H and O–H groups in total. The molecule has 3 heteroatoms. The number of rotatable bonds is 4. The third-order valence-corrected chi connectivity index (χ3v) is 3.77. The Morgan fingerprint density at radius 1 is 1.40 bits per heavy atom. The highest BCUT2D eigenvalue weighted by atomic mass is 32.2. The van der Waals surface area contributed by atoms with Crippen LogP contribution in [0, 0.1) is 0 Å². The number of benzene rings is 1. The SMILES string of the molecule is OCCCNc1ccc2c(c1)CCCS2. The molecule has 1 aliphatic rings. The largest absolute Gasteiger partial charge is 0.396 e. The lowest BCUT2D eigenvalue weighted by Crippen LogP contribution is -2.05. The Hall–Kier alpha value is -0.670. The number of nitrogens with one attached hydrogen (secondary N) is 1. The van der Waals surface area contributed by atoms with E-state index in [4.69, 9.17) is 5.11 Å². The average molecular weight is 223 g/mol. The van der Waals surface area contributed by atoms with Crippen LogP contribution in [0.2, 0.25) is 0 Å². The monoisotopic (exact) mass is 223 g/mol. The highest BCUT2D eigenvalue weighted by molar-refractivity contribution is 7.99. The Morgan fingerprint density at radius 2 is 2.33 bits per heavy atom. The molecule has 0 atom stereocenters. The van der Waals surface area contributed by atoms with Gasteiger partial charge in [0.05, 0.1) is 0 Å². The highest BCUT2D eigenvalue weighted by Gasteiger charge is 2.09. The predicted molar refractivity (Wildman–Crippen MR) is 65.7 cm³/mol. The van der Waals surface area contributed by atoms with Crippen molar-refractivity contribution in [1.29, 1.82) is 0 Å². The summed E-state index contributed by atoms with van der Waals surface area (Å²) in [6, 6.07) is 6.59. The summed E-state index contributed by atoms with van der Waals surface area (Å²) in [5, 5.41) is 12.0. The maximum Gasteiger partial charge on any atom is 0.0447 e. The van der Waals surface area contributed by atoms with Crippen LogP contribution in [0.4, 0.5) is 5.69 Å². The molecule has 82 valence electrons. The first-order valence-corrected chi connectivity index (χ1v) is 6.49. The van der Waals surface area contributed by atoms with Gasteiger partial charge in [-0.25, -0.2) is 0 Å². The zero-order valence-electron chi connectivity index (χ0n) is 8.83. The van der Waals surface area contributed by atoms with Crippen LogP contribution >= 0.6 is 11.8 Å². The maximum absolute atomic E-state index is 8.69. The first-order valence-electron chi connectivity index (χ1n) is 5.50. The predicted octanol–water partition coefficient (Wildman–Crippen LogP) is 2.52. The van der Waals surface area contributed by atoms with Crippen molar-refractivity contribution in [1.82, 2.24) is 0 Å². The summed E-state index contributed by atoms with van der Waals surface area (Å²) in [5.41, 5.74) is 2.66. The molecule has 0 bridgehead atoms. The zero-order valence-corrected chi connectivity index (χ0v) is 9.65. The molecule has 1 heterocycles. The molecule has 0 aliphatic carbocycles. The van der Waals surface area contributed by atoms with Crippen molar-refractivity contribution in [2.75, 3.05) is 24.2 Å². The van der Waals surface area contributed by atoms with E-state index in [1.54, 1.807) is 0 Å². The van der Waals surface area contributed by atoms with E-state index in [0.717, 1.165) is 13.0 Å². The Morgan fingerprint density at radius 3 is 3.20 bits per heavy atom. The van der Waals surface area contributed by atoms with Crippen LogP contribution in [0.15, 0.2) is 23.1 Å². The fraction of sp³-hybridized carbons (Fsp3) is 0.500. The van der Waals surface area contributed by atoms with Gasteiger partial charge in [0.15, 0.2) is 0 Å². The molecule has 0 aromatic heterocycles. The quantitative estimate of drug-likeness (QED) is 0.769. The minimum Gasteiger partial charge on any atom is -0.396 e. The average Bonchev–Trinajstić information content (AvgIpc) is 2.29. The second-order valence-electron chi connectivity index (χ2n) is 3.78. The van der Waals surface area contributed by atoms with Gasteiger partial charge in [-0.2, -0.15) is 0 Å². The fourth-order valence-electron chi connectivity index (χ4n) is 1.78. The van der Waals surface area contributed by atoms with Gasteiger partial charge in [-0.3, -0.25) is 0 Å². The Bertz CT molecular complexity index is 327. The number of aliphatic hydroxyl groups excluding tert-OH is 1. The molecular weight excluding hydrogens is 206 g/mol. The van der Waals surface area contributed by atoms with Crippen LogP contribution in [-0.4, -0.2) is 24.0 Å². The standard InChI is InChI=1S/C12H17NOS/c14-7-2-6-13-11-4-5-12-10(9-11)3-1-8-15-12/h4-5,9,13-14H,1-3,6-8H2. The number of anilines is 1. The molecule has 0 unspecified atom stereocenters. The fourth-order valence-corrected chi connectivity index (χ4v) is 2.80. The van der Waals surface area contributed by atoms with Gasteiger partial charge in [0.25, 0.3) is 0 Å². The summed E-state index contributed by atoms with van der Waals surface area (Å²) < 4.78 is 0. The summed E-state index contributed by atoms with van der Waals surface area (Å²) in [5.74, 6) is 1.25. The minimum absolute atomic E-state index is 0.258. The lowest BCUT2D eigenvalue weighted by Gasteiger charge is -2.16. The molecule has 0 radical (unpaired) electrons. The maximum atomic E-state index is 8.69. The number of hydrogen-bond donors (Lipinski definition) is 2. The lowest BCUT2D eigenvalue weighted by molar-refractivity contribution is 0.292. The van der Waals surface area contributed by atoms with E-state index in [1.807, 2.05) is 11.8 Å². The van der Waals surface area contributed by atoms with Crippen LogP contribution in [0.1, 0.15) is 18.4 Å². The highest BCUT2D eigenvalue weighted by Crippen LogP contribution is 2.31. The topological polar surface area (TPSA) is 32.3 Å². The summed E-state index contributed by atoms with van der Waals surface area (Å²) in [4.78, 5) is 1.44. The van der Waals surface area contributed by atoms with Gasteiger partial charge in [-0.05, 0) is 48.8 Å². The van der Waals surface area contributed by atoms with Crippen molar-refractivity contribution >= 4 is 17.4 Å². The number of fused-ring (bicyclic) bond motifs is 1. The van der Waals surface area contributed by atoms with Crippen molar-refractivity contribution in [2.24, 2.45) is 0 Å². The molecular formula is C12H17NOS. The molecule has 0 saturated heterocycles. The van der Waals surface area contributed by atoms with Gasteiger partial charge < -0.3 is 10.4 Å². The van der Waals surface area contributed by atoms with E-state index >= 15 is 0 Å². The third kappa shape index (κ3) is 2.89. The van der Waals surface area contributed by atoms with Crippen LogP contribution in [0.25, 0.3) is 0 Å². The first kappa shape index (κ1) is 10.8. The zero-order chi connectivity index (χ0) is 10.5. The van der Waals surface area contributed by atoms with Crippen molar-refractivity contribution in [3.63, 3.8) is 0 Å². The van der Waals surface area contributed by atoms with E-state index < -0.39 is 0 Å². The van der Waals surface area contributed by atoms with E-state index in [-0.39, 0.29) is 6.61 Å². The summed E-state index contributed by atoms with van der Waals surface area (Å²) in [7, 11) is 0. The molecule has 1 aromatic carbocycles. The normalized spacial score (nSPS) is 14.7. The van der Waals surface area contributed by atoms with E-state index in [2.05, 4.69) is 23.5 Å². The molecule has 1 aromatic rings. The molecule has 0 fully saturated rings. The summed E-state index contributed by atoms with van der Waals surface area (Å²) >= 11 is 1.96. The van der Waals surface area contributed by atoms with Gasteiger partial charge in [-0.15, -0.1) is 11.8 Å². The smallest absolute Gasteiger partial charge is 0.0447 e. The summed E-state index contributed by atoms with van der Waals surface area (Å²) in [6.07, 6.45) is 3.31. The lowest BCUT2D eigenvalue weighted by atomic mass is 10.1. The summed E-state index contributed by atoms with van der Waals surface area (Å²) in [6.45, 7) is 1.11. The molecule has 2 rings (SSSR count). The van der Waals surface area contributed by atoms with Crippen LogP contribution < -0.4 is 5.32 Å². The number of thioether (sulfide) groups is 1. The number of hydrogen-bond acceptors (Lipinski definition) is 3.